The summed E-state index contributed by atoms with van der Waals surface area (Å²) >= 11 is 1.44. The largest absolute Gasteiger partial charge is 0.295 e. The number of rotatable bonds is 2. The fourth-order valence-electron chi connectivity index (χ4n) is 1.63. The SMILES string of the molecule is O=Cc1nnc(C2CCCC2)s1. The van der Waals surface area contributed by atoms with Crippen LogP contribution in [-0.2, 0) is 0 Å². The molecule has 1 aromatic rings. The first-order valence-electron chi connectivity index (χ1n) is 4.19. The molecule has 1 aromatic heterocycles. The van der Waals surface area contributed by atoms with E-state index in [1.165, 1.54) is 37.0 Å². The summed E-state index contributed by atoms with van der Waals surface area (Å²) < 4.78 is 0. The molecule has 0 amide bonds. The molecule has 2 rings (SSSR count). The molecule has 1 aliphatic rings. The lowest BCUT2D eigenvalue weighted by Crippen LogP contribution is -1.89. The molecular weight excluding hydrogens is 172 g/mol. The van der Waals surface area contributed by atoms with Gasteiger partial charge in [0.15, 0.2) is 11.3 Å². The molecule has 0 aromatic carbocycles. The average molecular weight is 182 g/mol. The number of nitrogens with zero attached hydrogens (tertiary/aromatic N) is 2. The van der Waals surface area contributed by atoms with Gasteiger partial charge in [-0.1, -0.05) is 24.2 Å². The smallest absolute Gasteiger partial charge is 0.180 e. The Labute approximate surface area is 74.8 Å². The second-order valence-corrected chi connectivity index (χ2v) is 4.12. The molecule has 0 unspecified atom stereocenters. The third kappa shape index (κ3) is 1.39. The first kappa shape index (κ1) is 7.86. The van der Waals surface area contributed by atoms with E-state index >= 15 is 0 Å². The number of carbonyl (C=O) groups is 1. The van der Waals surface area contributed by atoms with Crippen molar-refractivity contribution < 1.29 is 4.79 Å². The van der Waals surface area contributed by atoms with E-state index in [2.05, 4.69) is 10.2 Å². The van der Waals surface area contributed by atoms with Crippen LogP contribution in [0.5, 0.6) is 0 Å². The van der Waals surface area contributed by atoms with E-state index in [-0.39, 0.29) is 0 Å². The van der Waals surface area contributed by atoms with Crippen molar-refractivity contribution in [2.75, 3.05) is 0 Å². The van der Waals surface area contributed by atoms with E-state index in [4.69, 9.17) is 0 Å². The van der Waals surface area contributed by atoms with Crippen molar-refractivity contribution in [1.82, 2.24) is 10.2 Å². The van der Waals surface area contributed by atoms with Gasteiger partial charge >= 0.3 is 0 Å². The summed E-state index contributed by atoms with van der Waals surface area (Å²) in [6, 6.07) is 0. The van der Waals surface area contributed by atoms with Crippen LogP contribution in [0.25, 0.3) is 0 Å². The highest BCUT2D eigenvalue weighted by atomic mass is 32.1. The van der Waals surface area contributed by atoms with E-state index in [1.54, 1.807) is 0 Å². The lowest BCUT2D eigenvalue weighted by Gasteiger charge is -2.00. The number of aldehydes is 1. The molecule has 1 fully saturated rings. The van der Waals surface area contributed by atoms with Crippen LogP contribution in [0.4, 0.5) is 0 Å². The topological polar surface area (TPSA) is 42.9 Å². The van der Waals surface area contributed by atoms with Crippen LogP contribution >= 0.6 is 11.3 Å². The molecule has 1 saturated carbocycles. The Balaban J connectivity index is 2.16. The predicted molar refractivity (Wildman–Crippen MR) is 46.5 cm³/mol. The van der Waals surface area contributed by atoms with E-state index in [0.717, 1.165) is 11.3 Å². The third-order valence-corrected chi connectivity index (χ3v) is 3.27. The number of carbonyl (C=O) groups excluding carboxylic acids is 1. The Hall–Kier alpha value is -0.770. The average Bonchev–Trinajstić information content (AvgIpc) is 2.75. The highest BCUT2D eigenvalue weighted by molar-refractivity contribution is 7.12. The summed E-state index contributed by atoms with van der Waals surface area (Å²) in [5, 5.41) is 9.35. The maximum absolute atomic E-state index is 10.3. The maximum atomic E-state index is 10.3. The van der Waals surface area contributed by atoms with Crippen LogP contribution in [0.3, 0.4) is 0 Å². The molecule has 3 nitrogen and oxygen atoms in total. The molecule has 0 aliphatic heterocycles. The van der Waals surface area contributed by atoms with Gasteiger partial charge in [0.1, 0.15) is 5.01 Å². The van der Waals surface area contributed by atoms with E-state index < -0.39 is 0 Å². The molecular formula is C8H10N2OS. The van der Waals surface area contributed by atoms with Gasteiger partial charge in [-0.25, -0.2) is 0 Å². The van der Waals surface area contributed by atoms with Crippen LogP contribution in [0, 0.1) is 0 Å². The molecule has 0 atom stereocenters. The van der Waals surface area contributed by atoms with Gasteiger partial charge in [-0.2, -0.15) is 0 Å². The van der Waals surface area contributed by atoms with Gasteiger partial charge in [-0.3, -0.25) is 4.79 Å². The molecule has 0 bridgehead atoms. The summed E-state index contributed by atoms with van der Waals surface area (Å²) in [5.41, 5.74) is 0. The Bertz CT molecular complexity index is 278. The van der Waals surface area contributed by atoms with Crippen molar-refractivity contribution >= 4 is 17.6 Å². The van der Waals surface area contributed by atoms with Crippen molar-refractivity contribution in [3.63, 3.8) is 0 Å². The molecule has 0 spiro atoms. The molecule has 0 radical (unpaired) electrons. The normalized spacial score (nSPS) is 18.3. The van der Waals surface area contributed by atoms with Crippen molar-refractivity contribution in [1.29, 1.82) is 0 Å². The maximum Gasteiger partial charge on any atom is 0.180 e. The van der Waals surface area contributed by atoms with Crippen LogP contribution in [-0.4, -0.2) is 16.5 Å². The quantitative estimate of drug-likeness (QED) is 0.657. The summed E-state index contributed by atoms with van der Waals surface area (Å²) in [6.07, 6.45) is 5.79. The standard InChI is InChI=1S/C8H10N2OS/c11-5-7-9-10-8(12-7)6-3-1-2-4-6/h5-6H,1-4H2. The number of hydrogen-bond acceptors (Lipinski definition) is 4. The lowest BCUT2D eigenvalue weighted by atomic mass is 10.1. The molecule has 0 saturated heterocycles. The minimum Gasteiger partial charge on any atom is -0.295 e. The number of aromatic nitrogens is 2. The van der Waals surface area contributed by atoms with Gasteiger partial charge in [-0.15, -0.1) is 10.2 Å². The van der Waals surface area contributed by atoms with Crippen LogP contribution in [0.15, 0.2) is 0 Å². The van der Waals surface area contributed by atoms with E-state index in [1.807, 2.05) is 0 Å². The zero-order valence-corrected chi connectivity index (χ0v) is 7.51. The molecule has 12 heavy (non-hydrogen) atoms. The van der Waals surface area contributed by atoms with Gasteiger partial charge < -0.3 is 0 Å². The molecule has 64 valence electrons. The third-order valence-electron chi connectivity index (χ3n) is 2.26. The summed E-state index contributed by atoms with van der Waals surface area (Å²) in [7, 11) is 0. The van der Waals surface area contributed by atoms with Crippen molar-refractivity contribution in [2.24, 2.45) is 0 Å². The van der Waals surface area contributed by atoms with Crippen LogP contribution in [0.1, 0.15) is 46.4 Å². The van der Waals surface area contributed by atoms with Crippen molar-refractivity contribution in [3.8, 4) is 0 Å². The molecule has 4 heteroatoms. The second kappa shape index (κ2) is 3.31. The predicted octanol–water partition coefficient (Wildman–Crippen LogP) is 2.01. The Morgan fingerprint density at radius 3 is 2.67 bits per heavy atom. The fraction of sp³-hybridized carbons (Fsp3) is 0.625. The summed E-state index contributed by atoms with van der Waals surface area (Å²) in [6.45, 7) is 0. The Morgan fingerprint density at radius 2 is 2.08 bits per heavy atom. The first-order chi connectivity index (χ1) is 5.90. The van der Waals surface area contributed by atoms with Crippen molar-refractivity contribution in [2.45, 2.75) is 31.6 Å². The summed E-state index contributed by atoms with van der Waals surface area (Å²) in [5.74, 6) is 0.580. The molecule has 0 N–H and O–H groups in total. The van der Waals surface area contributed by atoms with Gasteiger partial charge in [0, 0.05) is 5.92 Å². The highest BCUT2D eigenvalue weighted by Crippen LogP contribution is 2.34. The van der Waals surface area contributed by atoms with Gasteiger partial charge in [0.25, 0.3) is 0 Å². The zero-order chi connectivity index (χ0) is 8.39. The minimum absolute atomic E-state index is 0.511. The number of hydrogen-bond donors (Lipinski definition) is 0. The molecule has 1 heterocycles. The minimum atomic E-state index is 0.511. The summed E-state index contributed by atoms with van der Waals surface area (Å²) in [4.78, 5) is 10.3. The fourth-order valence-corrected chi connectivity index (χ4v) is 2.46. The van der Waals surface area contributed by atoms with Gasteiger partial charge in [-0.05, 0) is 12.8 Å². The Kier molecular flexibility index (Phi) is 2.17. The monoisotopic (exact) mass is 182 g/mol. The molecule has 1 aliphatic carbocycles. The Morgan fingerprint density at radius 1 is 1.33 bits per heavy atom. The van der Waals surface area contributed by atoms with E-state index in [9.17, 15) is 4.79 Å². The van der Waals surface area contributed by atoms with Crippen LogP contribution in [0.2, 0.25) is 0 Å². The second-order valence-electron chi connectivity index (χ2n) is 3.08. The van der Waals surface area contributed by atoms with E-state index in [0.29, 0.717) is 10.9 Å². The van der Waals surface area contributed by atoms with Crippen LogP contribution < -0.4 is 0 Å². The highest BCUT2D eigenvalue weighted by Gasteiger charge is 2.20. The van der Waals surface area contributed by atoms with Gasteiger partial charge in [0.05, 0.1) is 0 Å². The first-order valence-corrected chi connectivity index (χ1v) is 5.00. The van der Waals surface area contributed by atoms with Crippen molar-refractivity contribution in [3.05, 3.63) is 10.0 Å². The lowest BCUT2D eigenvalue weighted by molar-refractivity contribution is 0.112. The zero-order valence-electron chi connectivity index (χ0n) is 6.69. The van der Waals surface area contributed by atoms with Gasteiger partial charge in [0.2, 0.25) is 0 Å².